The number of hydrogen-bond acceptors (Lipinski definition) is 8. The van der Waals surface area contributed by atoms with Gasteiger partial charge >= 0.3 is 12.2 Å². The summed E-state index contributed by atoms with van der Waals surface area (Å²) in [6.07, 6.45) is -0.816. The van der Waals surface area contributed by atoms with Gasteiger partial charge < -0.3 is 25.0 Å². The molecule has 4 heterocycles. The minimum Gasteiger partial charge on any atom is -0.463 e. The highest BCUT2D eigenvalue weighted by molar-refractivity contribution is 6.33. The fraction of sp³-hybridized carbons (Fsp3) is 0.360. The quantitative estimate of drug-likeness (QED) is 0.332. The molecule has 1 unspecified atom stereocenters. The van der Waals surface area contributed by atoms with E-state index in [1.54, 1.807) is 12.1 Å². The van der Waals surface area contributed by atoms with Gasteiger partial charge in [-0.15, -0.1) is 0 Å². The van der Waals surface area contributed by atoms with Crippen LogP contribution in [0.15, 0.2) is 42.6 Å². The number of rotatable bonds is 7. The molecule has 202 valence electrons. The van der Waals surface area contributed by atoms with Crippen LogP contribution in [0.4, 0.5) is 30.5 Å². The summed E-state index contributed by atoms with van der Waals surface area (Å²) in [6.45, 7) is 2.29. The van der Waals surface area contributed by atoms with E-state index in [2.05, 4.69) is 30.1 Å². The van der Waals surface area contributed by atoms with Crippen LogP contribution >= 0.6 is 11.6 Å². The number of aliphatic hydroxyl groups is 1. The first-order chi connectivity index (χ1) is 18.2. The maximum atomic E-state index is 13.0. The van der Waals surface area contributed by atoms with E-state index in [1.807, 2.05) is 13.1 Å². The van der Waals surface area contributed by atoms with Crippen LogP contribution in [0.2, 0.25) is 5.02 Å². The SMILES string of the molecule is CN1c2nc(-c3cccc(C(F)(F)F)c3)c(Cl)cc2N2CCC1C2.O=CNc1ccnc(OCCCO)n1. The predicted molar refractivity (Wildman–Crippen MR) is 138 cm³/mol. The number of alkyl halides is 3. The summed E-state index contributed by atoms with van der Waals surface area (Å²) in [4.78, 5) is 26.7. The van der Waals surface area contributed by atoms with E-state index >= 15 is 0 Å². The molecule has 1 amide bonds. The van der Waals surface area contributed by atoms with Crippen molar-refractivity contribution >= 4 is 35.3 Å². The molecule has 0 saturated carbocycles. The van der Waals surface area contributed by atoms with Crippen molar-refractivity contribution in [3.63, 3.8) is 0 Å². The molecule has 1 aromatic carbocycles. The maximum Gasteiger partial charge on any atom is 0.416 e. The lowest BCUT2D eigenvalue weighted by Gasteiger charge is -2.35. The van der Waals surface area contributed by atoms with Gasteiger partial charge in [-0.2, -0.15) is 18.2 Å². The zero-order valence-electron chi connectivity index (χ0n) is 20.5. The van der Waals surface area contributed by atoms with Crippen molar-refractivity contribution in [2.45, 2.75) is 25.1 Å². The zero-order valence-corrected chi connectivity index (χ0v) is 21.2. The minimum absolute atomic E-state index is 0.0618. The Balaban J connectivity index is 0.000000206. The molecule has 9 nitrogen and oxygen atoms in total. The number of hydrogen-bond donors (Lipinski definition) is 2. The highest BCUT2D eigenvalue weighted by atomic mass is 35.5. The number of likely N-dealkylation sites (N-methyl/N-ethyl adjacent to an activating group) is 1. The van der Waals surface area contributed by atoms with Crippen LogP contribution < -0.4 is 19.9 Å². The number of carbonyl (C=O) groups excluding carboxylic acids is 1. The zero-order chi connectivity index (χ0) is 27.3. The molecule has 0 spiro atoms. The summed E-state index contributed by atoms with van der Waals surface area (Å²) in [5.41, 5.74) is 1.01. The highest BCUT2D eigenvalue weighted by Crippen LogP contribution is 2.42. The third kappa shape index (κ3) is 6.25. The molecule has 38 heavy (non-hydrogen) atoms. The molecule has 2 aliphatic rings. The molecule has 1 atom stereocenters. The predicted octanol–water partition coefficient (Wildman–Crippen LogP) is 4.26. The van der Waals surface area contributed by atoms with Gasteiger partial charge in [0.05, 0.1) is 28.6 Å². The summed E-state index contributed by atoms with van der Waals surface area (Å²) < 4.78 is 44.0. The molecular formula is C25H26ClF3N6O3. The molecular weight excluding hydrogens is 525 g/mol. The third-order valence-corrected chi connectivity index (χ3v) is 6.45. The Kier molecular flexibility index (Phi) is 8.52. The second-order valence-corrected chi connectivity index (χ2v) is 9.06. The van der Waals surface area contributed by atoms with E-state index < -0.39 is 11.7 Å². The van der Waals surface area contributed by atoms with Crippen LogP contribution in [0, 0.1) is 0 Å². The van der Waals surface area contributed by atoms with Crippen LogP contribution in [0.5, 0.6) is 6.01 Å². The lowest BCUT2D eigenvalue weighted by Crippen LogP contribution is -2.40. The van der Waals surface area contributed by atoms with E-state index in [1.165, 1.54) is 12.3 Å². The molecule has 3 aromatic rings. The normalized spacial score (nSPS) is 15.9. The molecule has 2 aliphatic heterocycles. The van der Waals surface area contributed by atoms with E-state index in [0.29, 0.717) is 47.6 Å². The Hall–Kier alpha value is -3.64. The Morgan fingerprint density at radius 1 is 1.26 bits per heavy atom. The summed E-state index contributed by atoms with van der Waals surface area (Å²) in [7, 11) is 1.98. The topological polar surface area (TPSA) is 104 Å². The number of fused-ring (bicyclic) bond motifs is 4. The molecule has 2 N–H and O–H groups in total. The molecule has 0 aliphatic carbocycles. The van der Waals surface area contributed by atoms with Crippen LogP contribution in [-0.2, 0) is 11.0 Å². The summed E-state index contributed by atoms with van der Waals surface area (Å²) in [5.74, 6) is 1.16. The molecule has 2 bridgehead atoms. The van der Waals surface area contributed by atoms with Crippen molar-refractivity contribution in [3.8, 4) is 17.3 Å². The number of aliphatic hydroxyl groups excluding tert-OH is 1. The lowest BCUT2D eigenvalue weighted by molar-refractivity contribution is -0.137. The third-order valence-electron chi connectivity index (χ3n) is 6.16. The molecule has 2 aromatic heterocycles. The van der Waals surface area contributed by atoms with E-state index in [0.717, 1.165) is 43.1 Å². The number of ether oxygens (including phenoxy) is 1. The second-order valence-electron chi connectivity index (χ2n) is 8.65. The average Bonchev–Trinajstić information content (AvgIpc) is 3.35. The number of pyridine rings is 1. The van der Waals surface area contributed by atoms with Crippen LogP contribution in [0.25, 0.3) is 11.3 Å². The summed E-state index contributed by atoms with van der Waals surface area (Å²) >= 11 is 6.36. The molecule has 13 heteroatoms. The first-order valence-corrected chi connectivity index (χ1v) is 12.2. The van der Waals surface area contributed by atoms with Crippen LogP contribution in [-0.4, -0.2) is 65.9 Å². The molecule has 5 rings (SSSR count). The van der Waals surface area contributed by atoms with Crippen molar-refractivity contribution in [1.29, 1.82) is 0 Å². The fourth-order valence-electron chi connectivity index (χ4n) is 4.24. The van der Waals surface area contributed by atoms with Crippen molar-refractivity contribution in [3.05, 3.63) is 53.2 Å². The first-order valence-electron chi connectivity index (χ1n) is 11.8. The fourth-order valence-corrected chi connectivity index (χ4v) is 4.49. The van der Waals surface area contributed by atoms with Crippen molar-refractivity contribution in [1.82, 2.24) is 15.0 Å². The first kappa shape index (κ1) is 27.4. The van der Waals surface area contributed by atoms with Gasteiger partial charge in [-0.1, -0.05) is 23.7 Å². The number of halogens is 4. The number of aromatic nitrogens is 3. The Morgan fingerprint density at radius 3 is 2.82 bits per heavy atom. The Morgan fingerprint density at radius 2 is 2.08 bits per heavy atom. The Bertz CT molecular complexity index is 1280. The van der Waals surface area contributed by atoms with E-state index in [4.69, 9.17) is 21.4 Å². The van der Waals surface area contributed by atoms with Gasteiger partial charge in [0.2, 0.25) is 6.41 Å². The smallest absolute Gasteiger partial charge is 0.416 e. The van der Waals surface area contributed by atoms with Crippen molar-refractivity contribution in [2.24, 2.45) is 0 Å². The molecule has 0 radical (unpaired) electrons. The van der Waals surface area contributed by atoms with Gasteiger partial charge in [0.25, 0.3) is 0 Å². The number of carbonyl (C=O) groups is 1. The number of benzene rings is 1. The van der Waals surface area contributed by atoms with Crippen molar-refractivity contribution in [2.75, 3.05) is 48.5 Å². The number of anilines is 3. The van der Waals surface area contributed by atoms with Crippen LogP contribution in [0.1, 0.15) is 18.4 Å². The largest absolute Gasteiger partial charge is 0.463 e. The number of nitrogens with zero attached hydrogens (tertiary/aromatic N) is 5. The van der Waals surface area contributed by atoms with E-state index in [-0.39, 0.29) is 12.6 Å². The molecule has 1 fully saturated rings. The van der Waals surface area contributed by atoms with Gasteiger partial charge in [0, 0.05) is 51.0 Å². The number of amides is 1. The van der Waals surface area contributed by atoms with Gasteiger partial charge in [-0.3, -0.25) is 4.79 Å². The summed E-state index contributed by atoms with van der Waals surface area (Å²) in [5, 5.41) is 11.2. The monoisotopic (exact) mass is 550 g/mol. The lowest BCUT2D eigenvalue weighted by atomic mass is 10.1. The minimum atomic E-state index is -4.39. The van der Waals surface area contributed by atoms with Gasteiger partial charge in [-0.05, 0) is 30.7 Å². The summed E-state index contributed by atoms with van der Waals surface area (Å²) in [6, 6.07) is 9.07. The Labute approximate surface area is 222 Å². The standard InChI is InChI=1S/C17H15ClF3N3.C8H11N3O3/c1-23-12-5-6-24(9-12)14-8-13(18)15(22-16(14)23)10-3-2-4-11(7-10)17(19,20)21;12-4-1-5-14-8-9-3-2-7(11-8)10-6-13/h2-4,7-8,12H,5-6,9H2,1H3;2-3,6,12H,1,4-5H2,(H,9,10,11,13). The second kappa shape index (κ2) is 11.8. The number of nitrogens with one attached hydrogen (secondary N) is 1. The van der Waals surface area contributed by atoms with Gasteiger partial charge in [0.1, 0.15) is 5.82 Å². The van der Waals surface area contributed by atoms with Gasteiger partial charge in [-0.25, -0.2) is 9.97 Å². The highest BCUT2D eigenvalue weighted by Gasteiger charge is 2.36. The maximum absolute atomic E-state index is 13.0. The van der Waals surface area contributed by atoms with Crippen LogP contribution in [0.3, 0.4) is 0 Å². The van der Waals surface area contributed by atoms with Crippen molar-refractivity contribution < 1.29 is 27.8 Å². The van der Waals surface area contributed by atoms with E-state index in [9.17, 15) is 18.0 Å². The molecule has 1 saturated heterocycles. The average molecular weight is 551 g/mol. The van der Waals surface area contributed by atoms with Gasteiger partial charge in [0.15, 0.2) is 5.82 Å².